The van der Waals surface area contributed by atoms with Gasteiger partial charge in [0.05, 0.1) is 18.7 Å². The molecule has 0 unspecified atom stereocenters. The van der Waals surface area contributed by atoms with Crippen molar-refractivity contribution >= 4 is 15.7 Å². The van der Waals surface area contributed by atoms with Crippen LogP contribution < -0.4 is 15.6 Å². The number of nitrogen functional groups attached to an aromatic ring is 1. The highest BCUT2D eigenvalue weighted by molar-refractivity contribution is 7.89. The lowest BCUT2D eigenvalue weighted by atomic mass is 10.3. The fourth-order valence-corrected chi connectivity index (χ4v) is 1.81. The van der Waals surface area contributed by atoms with Crippen LogP contribution in [0.2, 0.25) is 0 Å². The third-order valence-electron chi connectivity index (χ3n) is 1.94. The Kier molecular flexibility index (Phi) is 4.07. The van der Waals surface area contributed by atoms with Gasteiger partial charge in [-0.1, -0.05) is 0 Å². The molecule has 4 N–H and O–H groups in total. The Morgan fingerprint density at radius 3 is 2.33 bits per heavy atom. The van der Waals surface area contributed by atoms with E-state index in [0.29, 0.717) is 0 Å². The molecular weight excluding hydrogens is 273 g/mol. The largest absolute Gasteiger partial charge is 0.493 e. The van der Waals surface area contributed by atoms with E-state index in [0.717, 1.165) is 12.1 Å². The summed E-state index contributed by atoms with van der Waals surface area (Å²) in [7, 11) is -3.95. The Labute approximate surface area is 102 Å². The molecule has 0 heterocycles. The number of hydrogen-bond donors (Lipinski definition) is 2. The van der Waals surface area contributed by atoms with Gasteiger partial charge in [-0.15, -0.1) is 0 Å². The molecular formula is C9H11F3N2O3S. The monoisotopic (exact) mass is 284 g/mol. The van der Waals surface area contributed by atoms with Crippen molar-refractivity contribution in [1.82, 2.24) is 0 Å². The van der Waals surface area contributed by atoms with Crippen molar-refractivity contribution in [2.45, 2.75) is 17.5 Å². The summed E-state index contributed by atoms with van der Waals surface area (Å²) in [4.78, 5) is -0.300. The number of anilines is 1. The highest BCUT2D eigenvalue weighted by Crippen LogP contribution is 2.24. The molecule has 102 valence electrons. The molecule has 0 aliphatic heterocycles. The fourth-order valence-electron chi connectivity index (χ4n) is 1.16. The average Bonchev–Trinajstić information content (AvgIpc) is 2.13. The number of benzene rings is 1. The highest BCUT2D eigenvalue weighted by Gasteiger charge is 2.26. The van der Waals surface area contributed by atoms with Crippen LogP contribution >= 0.6 is 0 Å². The first-order valence-corrected chi connectivity index (χ1v) is 6.26. The number of ether oxygens (including phenoxy) is 1. The first-order chi connectivity index (χ1) is 8.09. The van der Waals surface area contributed by atoms with Crippen molar-refractivity contribution in [3.63, 3.8) is 0 Å². The first-order valence-electron chi connectivity index (χ1n) is 4.71. The van der Waals surface area contributed by atoms with Gasteiger partial charge in [0.1, 0.15) is 10.6 Å². The average molecular weight is 284 g/mol. The van der Waals surface area contributed by atoms with E-state index in [2.05, 4.69) is 0 Å². The van der Waals surface area contributed by atoms with E-state index in [-0.39, 0.29) is 16.3 Å². The quantitative estimate of drug-likeness (QED) is 0.813. The molecule has 0 aromatic heterocycles. The third kappa shape index (κ3) is 4.41. The van der Waals surface area contributed by atoms with Gasteiger partial charge in [-0.3, -0.25) is 0 Å². The molecule has 1 rings (SSSR count). The van der Waals surface area contributed by atoms with Crippen LogP contribution in [0.4, 0.5) is 18.9 Å². The second kappa shape index (κ2) is 5.02. The van der Waals surface area contributed by atoms with E-state index in [1.54, 1.807) is 0 Å². The minimum absolute atomic E-state index is 0.0455. The van der Waals surface area contributed by atoms with Crippen molar-refractivity contribution < 1.29 is 26.3 Å². The molecule has 9 heteroatoms. The molecule has 0 aliphatic carbocycles. The number of halogens is 3. The standard InChI is InChI=1S/C9H11F3N2O3S/c10-9(11,12)3-4-17-6-1-2-8(7(13)5-6)18(14,15)16/h1-2,5H,3-4,13H2,(H2,14,15,16). The molecule has 0 saturated carbocycles. The predicted octanol–water partition coefficient (Wildman–Crippen LogP) is 1.25. The molecule has 0 amide bonds. The van der Waals surface area contributed by atoms with Gasteiger partial charge in [-0.25, -0.2) is 13.6 Å². The number of hydrogen-bond acceptors (Lipinski definition) is 4. The molecule has 5 nitrogen and oxygen atoms in total. The summed E-state index contributed by atoms with van der Waals surface area (Å²) < 4.78 is 62.4. The van der Waals surface area contributed by atoms with Gasteiger partial charge in [-0.05, 0) is 12.1 Å². The smallest absolute Gasteiger partial charge is 0.392 e. The van der Waals surface area contributed by atoms with Gasteiger partial charge in [0.25, 0.3) is 0 Å². The Morgan fingerprint density at radius 1 is 1.28 bits per heavy atom. The third-order valence-corrected chi connectivity index (χ3v) is 2.93. The molecule has 0 aliphatic rings. The first kappa shape index (κ1) is 14.6. The Hall–Kier alpha value is -1.48. The van der Waals surface area contributed by atoms with Crippen molar-refractivity contribution in [2.75, 3.05) is 12.3 Å². The summed E-state index contributed by atoms with van der Waals surface area (Å²) in [6.07, 6.45) is -5.42. The molecule has 0 saturated heterocycles. The number of primary sulfonamides is 1. The molecule has 0 bridgehead atoms. The molecule has 0 radical (unpaired) electrons. The SMILES string of the molecule is Nc1cc(OCCC(F)(F)F)ccc1S(N)(=O)=O. The van der Waals surface area contributed by atoms with Crippen LogP contribution in [0.3, 0.4) is 0 Å². The maximum atomic E-state index is 11.9. The van der Waals surface area contributed by atoms with Crippen molar-refractivity contribution in [3.05, 3.63) is 18.2 Å². The van der Waals surface area contributed by atoms with Crippen LogP contribution in [0, 0.1) is 0 Å². The molecule has 0 spiro atoms. The van der Waals surface area contributed by atoms with Crippen molar-refractivity contribution in [1.29, 1.82) is 0 Å². The van der Waals surface area contributed by atoms with E-state index < -0.39 is 29.2 Å². The summed E-state index contributed by atoms with van der Waals surface area (Å²) in [6.45, 7) is -0.572. The van der Waals surface area contributed by atoms with E-state index in [9.17, 15) is 21.6 Å². The Morgan fingerprint density at radius 2 is 1.89 bits per heavy atom. The normalized spacial score (nSPS) is 12.4. The van der Waals surface area contributed by atoms with Crippen molar-refractivity contribution in [3.8, 4) is 5.75 Å². The van der Waals surface area contributed by atoms with E-state index in [1.807, 2.05) is 0 Å². The predicted molar refractivity (Wildman–Crippen MR) is 58.4 cm³/mol. The zero-order valence-corrected chi connectivity index (χ0v) is 9.88. The lowest BCUT2D eigenvalue weighted by molar-refractivity contribution is -0.139. The summed E-state index contributed by atoms with van der Waals surface area (Å²) in [5.74, 6) is 0.0455. The number of sulfonamides is 1. The molecule has 0 atom stereocenters. The zero-order chi connectivity index (χ0) is 14.0. The minimum Gasteiger partial charge on any atom is -0.493 e. The summed E-state index contributed by atoms with van der Waals surface area (Å²) >= 11 is 0. The van der Waals surface area contributed by atoms with E-state index >= 15 is 0 Å². The van der Waals surface area contributed by atoms with Crippen molar-refractivity contribution in [2.24, 2.45) is 5.14 Å². The van der Waals surface area contributed by atoms with E-state index in [4.69, 9.17) is 15.6 Å². The topological polar surface area (TPSA) is 95.4 Å². The van der Waals surface area contributed by atoms with Crippen LogP contribution in [0.15, 0.2) is 23.1 Å². The van der Waals surface area contributed by atoms with Crippen LogP contribution in [-0.2, 0) is 10.0 Å². The lowest BCUT2D eigenvalue weighted by Gasteiger charge is -2.10. The van der Waals surface area contributed by atoms with Gasteiger partial charge in [-0.2, -0.15) is 13.2 Å². The summed E-state index contributed by atoms with van der Waals surface area (Å²) in [6, 6.07) is 3.37. The lowest BCUT2D eigenvalue weighted by Crippen LogP contribution is -2.15. The van der Waals surface area contributed by atoms with Gasteiger partial charge >= 0.3 is 6.18 Å². The van der Waals surface area contributed by atoms with Gasteiger partial charge in [0, 0.05) is 6.07 Å². The second-order valence-corrected chi connectivity index (χ2v) is 4.99. The van der Waals surface area contributed by atoms with Crippen LogP contribution in [0.1, 0.15) is 6.42 Å². The summed E-state index contributed by atoms with van der Waals surface area (Å²) in [5.41, 5.74) is 5.22. The number of alkyl halides is 3. The molecule has 18 heavy (non-hydrogen) atoms. The molecule has 1 aromatic carbocycles. The Bertz CT molecular complexity index is 528. The van der Waals surface area contributed by atoms with E-state index in [1.165, 1.54) is 6.07 Å². The number of nitrogens with two attached hydrogens (primary N) is 2. The number of rotatable bonds is 4. The Balaban J connectivity index is 2.74. The van der Waals surface area contributed by atoms with Gasteiger partial charge in [0.2, 0.25) is 10.0 Å². The summed E-state index contributed by atoms with van der Waals surface area (Å²) in [5, 5.41) is 4.87. The van der Waals surface area contributed by atoms with Crippen LogP contribution in [-0.4, -0.2) is 21.2 Å². The highest BCUT2D eigenvalue weighted by atomic mass is 32.2. The maximum absolute atomic E-state index is 11.9. The van der Waals surface area contributed by atoms with Gasteiger partial charge < -0.3 is 10.5 Å². The zero-order valence-electron chi connectivity index (χ0n) is 9.07. The molecule has 1 aromatic rings. The molecule has 0 fully saturated rings. The maximum Gasteiger partial charge on any atom is 0.392 e. The fraction of sp³-hybridized carbons (Fsp3) is 0.333. The van der Waals surface area contributed by atoms with Crippen LogP contribution in [0.25, 0.3) is 0 Å². The second-order valence-electron chi connectivity index (χ2n) is 3.46. The van der Waals surface area contributed by atoms with Crippen LogP contribution in [0.5, 0.6) is 5.75 Å². The van der Waals surface area contributed by atoms with Gasteiger partial charge in [0.15, 0.2) is 0 Å². The minimum atomic E-state index is -4.31.